The van der Waals surface area contributed by atoms with Gasteiger partial charge in [0.15, 0.2) is 0 Å². The van der Waals surface area contributed by atoms with Crippen LogP contribution in [0.4, 0.5) is 5.82 Å². The summed E-state index contributed by atoms with van der Waals surface area (Å²) >= 11 is 0. The molecule has 0 amide bonds. The van der Waals surface area contributed by atoms with Crippen molar-refractivity contribution in [2.75, 3.05) is 19.5 Å². The van der Waals surface area contributed by atoms with Crippen molar-refractivity contribution in [2.24, 2.45) is 5.10 Å². The molecule has 0 atom stereocenters. The minimum absolute atomic E-state index is 0.463. The number of aromatic nitrogens is 5. The molecular weight excluding hydrogens is 396 g/mol. The van der Waals surface area contributed by atoms with Gasteiger partial charge in [0.25, 0.3) is 0 Å². The van der Waals surface area contributed by atoms with Gasteiger partial charge in [-0.15, -0.1) is 0 Å². The first kappa shape index (κ1) is 20.3. The number of anilines is 1. The van der Waals surface area contributed by atoms with Crippen LogP contribution in [0.3, 0.4) is 0 Å². The van der Waals surface area contributed by atoms with E-state index in [1.165, 1.54) is 0 Å². The Morgan fingerprint density at radius 3 is 2.68 bits per heavy atom. The van der Waals surface area contributed by atoms with Gasteiger partial charge in [-0.05, 0) is 39.8 Å². The molecule has 4 aromatic heterocycles. The molecule has 4 aromatic rings. The molecule has 31 heavy (non-hydrogen) atoms. The van der Waals surface area contributed by atoms with E-state index >= 15 is 0 Å². The number of allylic oxidation sites excluding steroid dienone is 1. The first-order chi connectivity index (χ1) is 14.9. The second-order valence-electron chi connectivity index (χ2n) is 7.07. The number of methoxy groups -OCH3 is 1. The molecule has 160 valence electrons. The molecular formula is C21H24N8O2. The molecule has 2 N–H and O–H groups in total. The molecule has 0 aromatic carbocycles. The maximum atomic E-state index is 5.63. The number of nitrogens with zero attached hydrogens (tertiary/aromatic N) is 6. The monoisotopic (exact) mass is 420 g/mol. The molecule has 0 aliphatic rings. The second kappa shape index (κ2) is 7.71. The predicted octanol–water partition coefficient (Wildman–Crippen LogP) is 3.92. The van der Waals surface area contributed by atoms with Gasteiger partial charge in [0.2, 0.25) is 5.88 Å². The van der Waals surface area contributed by atoms with E-state index in [-0.39, 0.29) is 0 Å². The third-order valence-electron chi connectivity index (χ3n) is 5.07. The maximum Gasteiger partial charge on any atom is 0.221 e. The van der Waals surface area contributed by atoms with Crippen LogP contribution in [-0.4, -0.2) is 51.0 Å². The Bertz CT molecular complexity index is 1320. The number of rotatable bonds is 6. The summed E-state index contributed by atoms with van der Waals surface area (Å²) in [4.78, 5) is 17.3. The predicted molar refractivity (Wildman–Crippen MR) is 120 cm³/mol. The number of H-pyrrole nitrogens is 1. The number of nitrogens with one attached hydrogen (secondary N) is 2. The first-order valence-corrected chi connectivity index (χ1v) is 9.69. The molecule has 10 heteroatoms. The summed E-state index contributed by atoms with van der Waals surface area (Å²) in [6, 6.07) is 1.97. The second-order valence-corrected chi connectivity index (χ2v) is 7.07. The normalized spacial score (nSPS) is 11.9. The average molecular weight is 420 g/mol. The standard InChI is InChI=1S/C21H24N8O2/c1-8-15(29(6)22-5)26-20-17-18-14(25-19(17)23-12(4)24-20)9-13(21(27-18)30-7)16-10(2)28-31-11(16)3/h8-9H,5H2,1-4,6-7H3,(H2,23,24,25,26)/b15-8-. The Kier molecular flexibility index (Phi) is 5.05. The van der Waals surface area contributed by atoms with E-state index in [9.17, 15) is 0 Å². The van der Waals surface area contributed by atoms with Crippen molar-refractivity contribution < 1.29 is 9.26 Å². The van der Waals surface area contributed by atoms with Crippen molar-refractivity contribution in [2.45, 2.75) is 27.7 Å². The fraction of sp³-hybridized carbons (Fsp3) is 0.286. The zero-order chi connectivity index (χ0) is 22.3. The molecule has 0 aliphatic heterocycles. The van der Waals surface area contributed by atoms with Gasteiger partial charge < -0.3 is 19.6 Å². The zero-order valence-electron chi connectivity index (χ0n) is 18.4. The average Bonchev–Trinajstić information content (AvgIpc) is 3.28. The van der Waals surface area contributed by atoms with Gasteiger partial charge in [0.05, 0.1) is 34.8 Å². The van der Waals surface area contributed by atoms with E-state index in [1.54, 1.807) is 19.2 Å². The molecule has 0 fully saturated rings. The van der Waals surface area contributed by atoms with Crippen LogP contribution in [0.15, 0.2) is 27.6 Å². The van der Waals surface area contributed by atoms with Crippen molar-refractivity contribution >= 4 is 34.6 Å². The van der Waals surface area contributed by atoms with Crippen LogP contribution < -0.4 is 10.1 Å². The molecule has 0 spiro atoms. The Labute approximate surface area is 179 Å². The van der Waals surface area contributed by atoms with E-state index in [1.807, 2.05) is 39.8 Å². The molecule has 4 heterocycles. The van der Waals surface area contributed by atoms with Gasteiger partial charge in [-0.2, -0.15) is 5.10 Å². The maximum absolute atomic E-state index is 5.63. The van der Waals surface area contributed by atoms with Crippen molar-refractivity contribution in [3.05, 3.63) is 35.2 Å². The highest BCUT2D eigenvalue weighted by Gasteiger charge is 2.22. The zero-order valence-corrected chi connectivity index (χ0v) is 18.4. The summed E-state index contributed by atoms with van der Waals surface area (Å²) in [5.41, 5.74) is 4.58. The van der Waals surface area contributed by atoms with Crippen LogP contribution in [0.25, 0.3) is 33.2 Å². The molecule has 4 rings (SSSR count). The van der Waals surface area contributed by atoms with Crippen molar-refractivity contribution in [3.63, 3.8) is 0 Å². The smallest absolute Gasteiger partial charge is 0.221 e. The molecule has 0 radical (unpaired) electrons. The fourth-order valence-corrected chi connectivity index (χ4v) is 3.63. The molecule has 0 saturated heterocycles. The van der Waals surface area contributed by atoms with Gasteiger partial charge in [-0.25, -0.2) is 15.0 Å². The van der Waals surface area contributed by atoms with Crippen molar-refractivity contribution in [1.82, 2.24) is 30.1 Å². The van der Waals surface area contributed by atoms with E-state index < -0.39 is 0 Å². The Morgan fingerprint density at radius 2 is 2.06 bits per heavy atom. The van der Waals surface area contributed by atoms with E-state index in [0.29, 0.717) is 34.4 Å². The fourth-order valence-electron chi connectivity index (χ4n) is 3.63. The van der Waals surface area contributed by atoms with Gasteiger partial charge >= 0.3 is 0 Å². The number of hydrazone groups is 1. The van der Waals surface area contributed by atoms with Crippen LogP contribution in [0.5, 0.6) is 5.88 Å². The lowest BCUT2D eigenvalue weighted by Gasteiger charge is -2.18. The summed E-state index contributed by atoms with van der Waals surface area (Å²) in [6.07, 6.45) is 1.89. The SMILES string of the molecule is C=NN(C)/C(=C\C)Nc1nc(C)nc2[nH]c3cc(-c4c(C)noc4C)c(OC)nc3c12. The molecule has 10 nitrogen and oxygen atoms in total. The topological polar surface area (TPSA) is 117 Å². The van der Waals surface area contributed by atoms with E-state index in [4.69, 9.17) is 14.2 Å². The number of hydrogen-bond donors (Lipinski definition) is 2. The van der Waals surface area contributed by atoms with Crippen LogP contribution in [0.1, 0.15) is 24.2 Å². The number of hydrogen-bond acceptors (Lipinski definition) is 9. The lowest BCUT2D eigenvalue weighted by Crippen LogP contribution is -2.18. The Hall–Kier alpha value is -3.95. The van der Waals surface area contributed by atoms with Crippen molar-refractivity contribution in [3.8, 4) is 17.0 Å². The van der Waals surface area contributed by atoms with Crippen LogP contribution in [0.2, 0.25) is 0 Å². The summed E-state index contributed by atoms with van der Waals surface area (Å²) in [7, 11) is 3.39. The molecule has 0 unspecified atom stereocenters. The van der Waals surface area contributed by atoms with Crippen LogP contribution in [-0.2, 0) is 0 Å². The van der Waals surface area contributed by atoms with Crippen LogP contribution in [0, 0.1) is 20.8 Å². The van der Waals surface area contributed by atoms with Gasteiger partial charge in [-0.3, -0.25) is 5.01 Å². The largest absolute Gasteiger partial charge is 0.481 e. The number of fused-ring (bicyclic) bond motifs is 3. The summed E-state index contributed by atoms with van der Waals surface area (Å²) in [6.45, 7) is 11.1. The highest BCUT2D eigenvalue weighted by Crippen LogP contribution is 2.38. The highest BCUT2D eigenvalue weighted by atomic mass is 16.5. The third-order valence-corrected chi connectivity index (χ3v) is 5.07. The quantitative estimate of drug-likeness (QED) is 0.356. The number of aryl methyl sites for hydroxylation is 3. The number of aromatic amines is 1. The summed E-state index contributed by atoms with van der Waals surface area (Å²) in [5, 5.41) is 13.7. The highest BCUT2D eigenvalue weighted by molar-refractivity contribution is 6.10. The molecule has 0 saturated carbocycles. The Balaban J connectivity index is 1.98. The molecule has 0 bridgehead atoms. The van der Waals surface area contributed by atoms with Gasteiger partial charge in [-0.1, -0.05) is 5.16 Å². The van der Waals surface area contributed by atoms with Gasteiger partial charge in [0, 0.05) is 13.8 Å². The van der Waals surface area contributed by atoms with Gasteiger partial charge in [0.1, 0.15) is 34.4 Å². The summed E-state index contributed by atoms with van der Waals surface area (Å²) < 4.78 is 11.0. The minimum atomic E-state index is 0.463. The van der Waals surface area contributed by atoms with E-state index in [0.717, 1.165) is 33.5 Å². The number of ether oxygens (including phenoxy) is 1. The Morgan fingerprint density at radius 1 is 1.29 bits per heavy atom. The lowest BCUT2D eigenvalue weighted by atomic mass is 10.0. The minimum Gasteiger partial charge on any atom is -0.481 e. The third kappa shape index (κ3) is 3.35. The van der Waals surface area contributed by atoms with Crippen LogP contribution >= 0.6 is 0 Å². The first-order valence-electron chi connectivity index (χ1n) is 9.69. The summed E-state index contributed by atoms with van der Waals surface area (Å²) in [5.74, 6) is 3.11. The van der Waals surface area contributed by atoms with Crippen molar-refractivity contribution in [1.29, 1.82) is 0 Å². The lowest BCUT2D eigenvalue weighted by molar-refractivity contribution is 0.392. The number of pyridine rings is 1. The molecule has 0 aliphatic carbocycles. The van der Waals surface area contributed by atoms with E-state index in [2.05, 4.69) is 37.2 Å².